The van der Waals surface area contributed by atoms with Crippen molar-refractivity contribution < 1.29 is 22.6 Å². The van der Waals surface area contributed by atoms with Crippen molar-refractivity contribution in [3.05, 3.63) is 6.54 Å². The molecule has 1 aliphatic rings. The maximum absolute atomic E-state index is 11.5. The summed E-state index contributed by atoms with van der Waals surface area (Å²) in [5.74, 6) is 0. The molecule has 65 valence electrons. The monoisotopic (exact) mass is 170 g/mol. The number of alkyl halides is 3. The van der Waals surface area contributed by atoms with Gasteiger partial charge in [0.1, 0.15) is 0 Å². The predicted octanol–water partition coefficient (Wildman–Crippen LogP) is 0.630. The normalized spacial score (nSPS) is 27.0. The van der Waals surface area contributed by atoms with Gasteiger partial charge in [-0.3, -0.25) is 4.74 Å². The van der Waals surface area contributed by atoms with Crippen molar-refractivity contribution in [3.8, 4) is 0 Å². The van der Waals surface area contributed by atoms with E-state index in [4.69, 9.17) is 0 Å². The fraction of sp³-hybridized carbons (Fsp3) is 0.800. The van der Waals surface area contributed by atoms with E-state index in [9.17, 15) is 13.2 Å². The summed E-state index contributed by atoms with van der Waals surface area (Å²) in [6, 6.07) is 0. The lowest BCUT2D eigenvalue weighted by Gasteiger charge is -2.23. The quantitative estimate of drug-likeness (QED) is 0.626. The molecule has 3 nitrogen and oxygen atoms in total. The summed E-state index contributed by atoms with van der Waals surface area (Å²) in [5, 5.41) is 2.58. The topological polar surface area (TPSA) is 30.5 Å². The lowest BCUT2D eigenvalue weighted by atomic mass is 10.5. The van der Waals surface area contributed by atoms with Crippen molar-refractivity contribution in [1.29, 1.82) is 0 Å². The molecule has 6 heteroatoms. The molecule has 11 heavy (non-hydrogen) atoms. The van der Waals surface area contributed by atoms with Crippen LogP contribution in [0, 0.1) is 6.54 Å². The van der Waals surface area contributed by atoms with Crippen LogP contribution in [0.5, 0.6) is 0 Å². The van der Waals surface area contributed by atoms with Gasteiger partial charge in [0.15, 0.2) is 6.29 Å². The molecule has 1 aliphatic heterocycles. The van der Waals surface area contributed by atoms with Gasteiger partial charge in [-0.25, -0.2) is 0 Å². The highest BCUT2D eigenvalue weighted by atomic mass is 19.4. The second kappa shape index (κ2) is 3.38. The van der Waals surface area contributed by atoms with Gasteiger partial charge in [0.05, 0.1) is 13.2 Å². The van der Waals surface area contributed by atoms with E-state index in [1.807, 2.05) is 0 Å². The minimum atomic E-state index is -4.64. The average Bonchev–Trinajstić information content (AvgIpc) is 1.85. The lowest BCUT2D eigenvalue weighted by molar-refractivity contribution is -0.374. The first-order valence-electron chi connectivity index (χ1n) is 3.01. The zero-order valence-electron chi connectivity index (χ0n) is 5.52. The van der Waals surface area contributed by atoms with Crippen molar-refractivity contribution >= 4 is 0 Å². The maximum atomic E-state index is 11.5. The molecule has 1 rings (SSSR count). The molecule has 1 radical (unpaired) electrons. The fourth-order valence-corrected chi connectivity index (χ4v) is 0.661. The Balaban J connectivity index is 2.24. The second-order valence-electron chi connectivity index (χ2n) is 1.92. The van der Waals surface area contributed by atoms with Crippen LogP contribution in [0.3, 0.4) is 0 Å². The lowest BCUT2D eigenvalue weighted by Crippen LogP contribution is -2.38. The highest BCUT2D eigenvalue weighted by molar-refractivity contribution is 4.71. The molecule has 1 fully saturated rings. The van der Waals surface area contributed by atoms with Crippen molar-refractivity contribution in [3.63, 3.8) is 0 Å². The van der Waals surface area contributed by atoms with Gasteiger partial charge in [-0.1, -0.05) is 0 Å². The van der Waals surface area contributed by atoms with Crippen LogP contribution in [0.4, 0.5) is 13.2 Å². The summed E-state index contributed by atoms with van der Waals surface area (Å²) in [5.41, 5.74) is 0. The second-order valence-corrected chi connectivity index (χ2v) is 1.92. The zero-order valence-corrected chi connectivity index (χ0v) is 5.52. The Morgan fingerprint density at radius 3 is 2.73 bits per heavy atom. The van der Waals surface area contributed by atoms with Gasteiger partial charge in [0.2, 0.25) is 0 Å². The van der Waals surface area contributed by atoms with Gasteiger partial charge in [0, 0.05) is 6.54 Å². The Labute approximate surface area is 61.5 Å². The Morgan fingerprint density at radius 1 is 1.55 bits per heavy atom. The SMILES string of the molecule is FC(F)(F)OC1[CH]NCCO1. The molecule has 1 unspecified atom stereocenters. The number of ether oxygens (including phenoxy) is 2. The van der Waals surface area contributed by atoms with Crippen molar-refractivity contribution in [1.82, 2.24) is 5.32 Å². The minimum absolute atomic E-state index is 0.219. The van der Waals surface area contributed by atoms with E-state index in [1.165, 1.54) is 0 Å². The van der Waals surface area contributed by atoms with Gasteiger partial charge in [-0.2, -0.15) is 0 Å². The smallest absolute Gasteiger partial charge is 0.349 e. The molecule has 1 saturated heterocycles. The van der Waals surface area contributed by atoms with Crippen LogP contribution >= 0.6 is 0 Å². The van der Waals surface area contributed by atoms with Crippen molar-refractivity contribution in [2.45, 2.75) is 12.7 Å². The van der Waals surface area contributed by atoms with Gasteiger partial charge >= 0.3 is 6.36 Å². The van der Waals surface area contributed by atoms with E-state index < -0.39 is 12.7 Å². The van der Waals surface area contributed by atoms with Gasteiger partial charge < -0.3 is 10.1 Å². The van der Waals surface area contributed by atoms with Crippen LogP contribution in [-0.4, -0.2) is 25.8 Å². The maximum Gasteiger partial charge on any atom is 0.524 e. The fourth-order valence-electron chi connectivity index (χ4n) is 0.661. The zero-order chi connectivity index (χ0) is 8.32. The Bertz CT molecular complexity index is 121. The Hall–Kier alpha value is -0.330. The van der Waals surface area contributed by atoms with E-state index in [1.54, 1.807) is 0 Å². The third-order valence-electron chi connectivity index (χ3n) is 1.03. The van der Waals surface area contributed by atoms with E-state index in [-0.39, 0.29) is 6.61 Å². The summed E-state index contributed by atoms with van der Waals surface area (Å²) in [4.78, 5) is 0. The molecule has 0 aliphatic carbocycles. The minimum Gasteiger partial charge on any atom is -0.349 e. The molecule has 0 aromatic rings. The van der Waals surface area contributed by atoms with Crippen LogP contribution in [-0.2, 0) is 9.47 Å². The van der Waals surface area contributed by atoms with Crippen LogP contribution in [0.25, 0.3) is 0 Å². The average molecular weight is 170 g/mol. The Morgan fingerprint density at radius 2 is 2.27 bits per heavy atom. The molecule has 1 heterocycles. The summed E-state index contributed by atoms with van der Waals surface area (Å²) in [6.07, 6.45) is -5.95. The van der Waals surface area contributed by atoms with Crippen molar-refractivity contribution in [2.24, 2.45) is 0 Å². The molecule has 1 atom stereocenters. The molecular weight excluding hydrogens is 163 g/mol. The number of hydrogen-bond donors (Lipinski definition) is 1. The van der Waals surface area contributed by atoms with Crippen molar-refractivity contribution in [2.75, 3.05) is 13.2 Å². The van der Waals surface area contributed by atoms with Crippen LogP contribution in [0.15, 0.2) is 0 Å². The first-order chi connectivity index (χ1) is 5.08. The number of rotatable bonds is 1. The number of morpholine rings is 1. The first kappa shape index (κ1) is 8.76. The molecular formula is C5H7F3NO2. The summed E-state index contributed by atoms with van der Waals surface area (Å²) in [7, 11) is 0. The summed E-state index contributed by atoms with van der Waals surface area (Å²) >= 11 is 0. The number of nitrogens with one attached hydrogen (secondary N) is 1. The van der Waals surface area contributed by atoms with Crippen LogP contribution in [0.1, 0.15) is 0 Å². The molecule has 0 saturated carbocycles. The van der Waals surface area contributed by atoms with E-state index in [0.29, 0.717) is 6.54 Å². The first-order valence-corrected chi connectivity index (χ1v) is 3.01. The van der Waals surface area contributed by atoms with Gasteiger partial charge in [0.25, 0.3) is 0 Å². The predicted molar refractivity (Wildman–Crippen MR) is 29.2 cm³/mol. The Kier molecular flexibility index (Phi) is 2.69. The largest absolute Gasteiger partial charge is 0.524 e. The molecule has 0 aromatic carbocycles. The molecule has 0 spiro atoms. The number of halogens is 3. The highest BCUT2D eigenvalue weighted by Gasteiger charge is 2.34. The highest BCUT2D eigenvalue weighted by Crippen LogP contribution is 2.20. The molecule has 1 N–H and O–H groups in total. The van der Waals surface area contributed by atoms with Crippen LogP contribution < -0.4 is 5.32 Å². The third kappa shape index (κ3) is 3.54. The molecule has 0 amide bonds. The van der Waals surface area contributed by atoms with E-state index >= 15 is 0 Å². The van der Waals surface area contributed by atoms with E-state index in [2.05, 4.69) is 14.8 Å². The third-order valence-corrected chi connectivity index (χ3v) is 1.03. The van der Waals surface area contributed by atoms with Gasteiger partial charge in [-0.15, -0.1) is 13.2 Å². The van der Waals surface area contributed by atoms with Gasteiger partial charge in [-0.05, 0) is 0 Å². The summed E-state index contributed by atoms with van der Waals surface area (Å²) < 4.78 is 42.6. The standard InChI is InChI=1S/C5H7F3NO2/c6-5(7,8)11-4-3-9-1-2-10-4/h3-4,9H,1-2H2. The summed E-state index contributed by atoms with van der Waals surface area (Å²) in [6.45, 7) is 1.85. The van der Waals surface area contributed by atoms with Crippen LogP contribution in [0.2, 0.25) is 0 Å². The molecule has 0 bridgehead atoms. The molecule has 0 aromatic heterocycles. The van der Waals surface area contributed by atoms with E-state index in [0.717, 1.165) is 6.54 Å². The number of hydrogen-bond acceptors (Lipinski definition) is 3.